The second-order valence-electron chi connectivity index (χ2n) is 1.65. The van der Waals surface area contributed by atoms with Gasteiger partial charge in [-0.25, -0.2) is 4.84 Å². The second kappa shape index (κ2) is 1.78. The van der Waals surface area contributed by atoms with Gasteiger partial charge in [-0.2, -0.15) is 0 Å². The molecule has 2 nitrogen and oxygen atoms in total. The molecule has 0 aliphatic rings. The van der Waals surface area contributed by atoms with Gasteiger partial charge in [-0.3, -0.25) is 0 Å². The van der Waals surface area contributed by atoms with Gasteiger partial charge in [0, 0.05) is 0 Å². The highest BCUT2D eigenvalue weighted by atomic mass is 35.5. The van der Waals surface area contributed by atoms with Crippen molar-refractivity contribution < 1.29 is 5.11 Å². The number of rotatable bonds is 1. The lowest BCUT2D eigenvalue weighted by molar-refractivity contribution is 0.0696. The average molecular weight is 110 g/mol. The summed E-state index contributed by atoms with van der Waals surface area (Å²) in [5, 5.41) is 8.58. The van der Waals surface area contributed by atoms with Crippen LogP contribution in [0.15, 0.2) is 0 Å². The molecule has 0 bridgehead atoms. The van der Waals surface area contributed by atoms with E-state index in [1.165, 1.54) is 0 Å². The molecule has 0 aromatic heterocycles. The van der Waals surface area contributed by atoms with Crippen LogP contribution in [0.5, 0.6) is 0 Å². The second-order valence-corrected chi connectivity index (χ2v) is 1.84. The van der Waals surface area contributed by atoms with Crippen LogP contribution in [0.1, 0.15) is 13.8 Å². The summed E-state index contributed by atoms with van der Waals surface area (Å²) in [7, 11) is 0. The van der Waals surface area contributed by atoms with Gasteiger partial charge < -0.3 is 5.11 Å². The Morgan fingerprint density at radius 1 is 1.67 bits per heavy atom. The summed E-state index contributed by atoms with van der Waals surface area (Å²) in [4.78, 5) is 2.13. The number of halogens is 1. The summed E-state index contributed by atoms with van der Waals surface area (Å²) in [5.74, 6) is 0. The quantitative estimate of drug-likeness (QED) is 0.379. The smallest absolute Gasteiger partial charge is 0.123 e. The number of hydrogen-bond donors (Lipinski definition) is 2. The standard InChI is InChI=1S/C3H8ClNO/c1-3(2,6)5-4/h5-6H,1-2H3. The summed E-state index contributed by atoms with van der Waals surface area (Å²) in [6, 6.07) is 0. The van der Waals surface area contributed by atoms with Crippen LogP contribution in [-0.2, 0) is 0 Å². The van der Waals surface area contributed by atoms with Crippen molar-refractivity contribution in [2.45, 2.75) is 19.6 Å². The summed E-state index contributed by atoms with van der Waals surface area (Å²) in [6.45, 7) is 3.11. The summed E-state index contributed by atoms with van der Waals surface area (Å²) in [5.41, 5.74) is -0.943. The van der Waals surface area contributed by atoms with Gasteiger partial charge in [0.2, 0.25) is 0 Å². The Morgan fingerprint density at radius 2 is 1.83 bits per heavy atom. The SMILES string of the molecule is CC(C)(O)NCl. The number of hydrogen-bond acceptors (Lipinski definition) is 2. The van der Waals surface area contributed by atoms with Crippen molar-refractivity contribution in [1.29, 1.82) is 0 Å². The molecular formula is C3H8ClNO. The largest absolute Gasteiger partial charge is 0.375 e. The predicted molar refractivity (Wildman–Crippen MR) is 25.3 cm³/mol. The van der Waals surface area contributed by atoms with Crippen molar-refractivity contribution in [3.05, 3.63) is 0 Å². The zero-order valence-corrected chi connectivity index (χ0v) is 4.58. The van der Waals surface area contributed by atoms with Crippen molar-refractivity contribution >= 4 is 11.8 Å². The molecule has 0 radical (unpaired) electrons. The molecule has 0 saturated carbocycles. The van der Waals surface area contributed by atoms with E-state index in [9.17, 15) is 0 Å². The van der Waals surface area contributed by atoms with Gasteiger partial charge >= 0.3 is 0 Å². The van der Waals surface area contributed by atoms with Gasteiger partial charge in [-0.15, -0.1) is 0 Å². The van der Waals surface area contributed by atoms with Crippen LogP contribution in [0.2, 0.25) is 0 Å². The van der Waals surface area contributed by atoms with Gasteiger partial charge in [0.05, 0.1) is 0 Å². The first-order valence-corrected chi connectivity index (χ1v) is 2.04. The van der Waals surface area contributed by atoms with Crippen LogP contribution in [0, 0.1) is 0 Å². The maximum absolute atomic E-state index is 8.58. The highest BCUT2D eigenvalue weighted by molar-refractivity contribution is 6.13. The molecule has 0 fully saturated rings. The van der Waals surface area contributed by atoms with Crippen molar-refractivity contribution in [3.8, 4) is 0 Å². The lowest BCUT2D eigenvalue weighted by Crippen LogP contribution is -2.31. The third-order valence-electron chi connectivity index (χ3n) is 0.231. The molecule has 6 heavy (non-hydrogen) atoms. The Bertz CT molecular complexity index is 40.5. The fourth-order valence-corrected chi connectivity index (χ4v) is 0. The minimum absolute atomic E-state index is 0.943. The molecule has 0 amide bonds. The molecule has 0 spiro atoms. The normalized spacial score (nSPS) is 12.0. The van der Waals surface area contributed by atoms with Gasteiger partial charge in [-0.1, -0.05) is 0 Å². The van der Waals surface area contributed by atoms with Crippen LogP contribution in [0.25, 0.3) is 0 Å². The third-order valence-corrected chi connectivity index (χ3v) is 0.694. The van der Waals surface area contributed by atoms with Gasteiger partial charge in [0.15, 0.2) is 0 Å². The van der Waals surface area contributed by atoms with Crippen LogP contribution in [-0.4, -0.2) is 10.8 Å². The first kappa shape index (κ1) is 6.21. The lowest BCUT2D eigenvalue weighted by atomic mass is 10.4. The molecule has 0 saturated heterocycles. The first-order valence-electron chi connectivity index (χ1n) is 1.66. The Morgan fingerprint density at radius 3 is 1.83 bits per heavy atom. The van der Waals surface area contributed by atoms with Crippen molar-refractivity contribution in [1.82, 2.24) is 4.84 Å². The third kappa shape index (κ3) is 4.21. The molecule has 0 aromatic rings. The van der Waals surface area contributed by atoms with E-state index in [-0.39, 0.29) is 0 Å². The van der Waals surface area contributed by atoms with Crippen molar-refractivity contribution in [3.63, 3.8) is 0 Å². The maximum Gasteiger partial charge on any atom is 0.123 e. The van der Waals surface area contributed by atoms with Crippen LogP contribution >= 0.6 is 11.8 Å². The lowest BCUT2D eigenvalue weighted by Gasteiger charge is -2.11. The maximum atomic E-state index is 8.58. The number of nitrogens with one attached hydrogen (secondary N) is 1. The molecule has 2 N–H and O–H groups in total. The molecular weight excluding hydrogens is 101 g/mol. The molecule has 0 atom stereocenters. The van der Waals surface area contributed by atoms with E-state index < -0.39 is 5.72 Å². The first-order chi connectivity index (χ1) is 2.56. The van der Waals surface area contributed by atoms with E-state index in [1.54, 1.807) is 13.8 Å². The number of aliphatic hydroxyl groups is 1. The van der Waals surface area contributed by atoms with E-state index in [2.05, 4.69) is 4.84 Å². The monoisotopic (exact) mass is 109 g/mol. The molecule has 3 heteroatoms. The molecule has 0 unspecified atom stereocenters. The molecule has 38 valence electrons. The molecule has 0 aliphatic carbocycles. The minimum Gasteiger partial charge on any atom is -0.375 e. The van der Waals surface area contributed by atoms with Gasteiger partial charge in [-0.05, 0) is 25.6 Å². The molecule has 0 rings (SSSR count). The van der Waals surface area contributed by atoms with Crippen LogP contribution in [0.3, 0.4) is 0 Å². The summed E-state index contributed by atoms with van der Waals surface area (Å²) in [6.07, 6.45) is 0. The molecule has 0 aromatic carbocycles. The van der Waals surface area contributed by atoms with Crippen LogP contribution in [0.4, 0.5) is 0 Å². The summed E-state index contributed by atoms with van der Waals surface area (Å²) >= 11 is 4.98. The van der Waals surface area contributed by atoms with E-state index in [0.717, 1.165) is 0 Å². The zero-order chi connectivity index (χ0) is 5.21. The van der Waals surface area contributed by atoms with Crippen molar-refractivity contribution in [2.24, 2.45) is 0 Å². The van der Waals surface area contributed by atoms with E-state index in [0.29, 0.717) is 0 Å². The molecule has 0 aliphatic heterocycles. The zero-order valence-electron chi connectivity index (χ0n) is 3.83. The topological polar surface area (TPSA) is 32.3 Å². The highest BCUT2D eigenvalue weighted by Crippen LogP contribution is 1.92. The minimum atomic E-state index is -0.943. The fourth-order valence-electron chi connectivity index (χ4n) is 0. The van der Waals surface area contributed by atoms with Gasteiger partial charge in [0.1, 0.15) is 5.72 Å². The average Bonchev–Trinajstić information content (AvgIpc) is 1.35. The molecule has 0 heterocycles. The van der Waals surface area contributed by atoms with E-state index in [4.69, 9.17) is 16.9 Å². The Kier molecular flexibility index (Phi) is 1.84. The van der Waals surface area contributed by atoms with Crippen molar-refractivity contribution in [2.75, 3.05) is 0 Å². The summed E-state index contributed by atoms with van der Waals surface area (Å²) < 4.78 is 0. The highest BCUT2D eigenvalue weighted by Gasteiger charge is 2.06. The fraction of sp³-hybridized carbons (Fsp3) is 1.00. The Hall–Kier alpha value is 0.210. The van der Waals surface area contributed by atoms with E-state index in [1.807, 2.05) is 0 Å². The van der Waals surface area contributed by atoms with Crippen LogP contribution < -0.4 is 4.84 Å². The predicted octanol–water partition coefficient (Wildman–Crippen LogP) is 0.458. The van der Waals surface area contributed by atoms with E-state index >= 15 is 0 Å². The Balaban J connectivity index is 3.17. The van der Waals surface area contributed by atoms with Gasteiger partial charge in [0.25, 0.3) is 0 Å². The Labute approximate surface area is 42.2 Å².